The third-order valence-electron chi connectivity index (χ3n) is 4.82. The summed E-state index contributed by atoms with van der Waals surface area (Å²) >= 11 is 1.16. The number of sulfonamides is 1. The molecule has 3 heterocycles. The maximum absolute atomic E-state index is 13.5. The van der Waals surface area contributed by atoms with Crippen LogP contribution in [0.15, 0.2) is 53.6 Å². The topological polar surface area (TPSA) is 79.8 Å². The number of carbonyl (C=O) groups is 1. The van der Waals surface area contributed by atoms with Crippen molar-refractivity contribution in [3.8, 4) is 0 Å². The fraction of sp³-hybridized carbons (Fsp3) is 0.300. The number of hydrogen-bond donors (Lipinski definition) is 0. The molecule has 0 saturated carbocycles. The summed E-state index contributed by atoms with van der Waals surface area (Å²) in [5.41, 5.74) is 0. The van der Waals surface area contributed by atoms with Crippen LogP contribution < -0.4 is 4.90 Å². The Bertz CT molecular complexity index is 1120. The molecule has 9 heteroatoms. The minimum Gasteiger partial charge on any atom is -0.462 e. The average Bonchev–Trinajstić information content (AvgIpc) is 3.15. The van der Waals surface area contributed by atoms with Crippen LogP contribution in [0.3, 0.4) is 0 Å². The van der Waals surface area contributed by atoms with Crippen LogP contribution in [0, 0.1) is 0 Å². The van der Waals surface area contributed by atoms with Crippen LogP contribution in [-0.4, -0.2) is 56.5 Å². The van der Waals surface area contributed by atoms with E-state index in [2.05, 4.69) is 9.88 Å². The fourth-order valence-electron chi connectivity index (χ4n) is 3.44. The molecule has 29 heavy (non-hydrogen) atoms. The van der Waals surface area contributed by atoms with Crippen molar-refractivity contribution in [3.63, 3.8) is 0 Å². The quantitative estimate of drug-likeness (QED) is 0.578. The molecule has 1 saturated heterocycles. The van der Waals surface area contributed by atoms with Crippen molar-refractivity contribution in [2.75, 3.05) is 37.7 Å². The molecule has 0 atom stereocenters. The monoisotopic (exact) mass is 431 g/mol. The molecule has 3 aromatic rings. The van der Waals surface area contributed by atoms with Crippen LogP contribution in [-0.2, 0) is 14.8 Å². The Hall–Kier alpha value is -2.49. The van der Waals surface area contributed by atoms with Crippen molar-refractivity contribution < 1.29 is 17.9 Å². The largest absolute Gasteiger partial charge is 0.462 e. The Labute approximate surface area is 173 Å². The number of carbonyl (C=O) groups excluding carboxylic acids is 1. The first-order chi connectivity index (χ1) is 14.0. The summed E-state index contributed by atoms with van der Waals surface area (Å²) in [6.45, 7) is 3.61. The van der Waals surface area contributed by atoms with Crippen LogP contribution in [0.25, 0.3) is 10.1 Å². The van der Waals surface area contributed by atoms with Crippen LogP contribution in [0.1, 0.15) is 16.6 Å². The lowest BCUT2D eigenvalue weighted by atomic mass is 10.2. The normalized spacial score (nSPS) is 15.6. The van der Waals surface area contributed by atoms with Crippen molar-refractivity contribution in [2.24, 2.45) is 0 Å². The molecule has 0 bridgehead atoms. The van der Waals surface area contributed by atoms with E-state index in [0.717, 1.165) is 21.9 Å². The van der Waals surface area contributed by atoms with E-state index in [0.29, 0.717) is 31.6 Å². The summed E-state index contributed by atoms with van der Waals surface area (Å²) in [5.74, 6) is 0.233. The first kappa shape index (κ1) is 19.8. The minimum atomic E-state index is -3.85. The summed E-state index contributed by atoms with van der Waals surface area (Å²) in [6.07, 6.45) is 1.72. The predicted octanol–water partition coefficient (Wildman–Crippen LogP) is 2.98. The molecule has 0 aliphatic carbocycles. The molecule has 4 rings (SSSR count). The van der Waals surface area contributed by atoms with Gasteiger partial charge in [0.15, 0.2) is 0 Å². The molecule has 1 fully saturated rings. The van der Waals surface area contributed by atoms with Gasteiger partial charge in [-0.05, 0) is 25.1 Å². The summed E-state index contributed by atoms with van der Waals surface area (Å²) in [7, 11) is -3.85. The number of benzene rings is 1. The number of nitrogens with zero attached hydrogens (tertiary/aromatic N) is 3. The van der Waals surface area contributed by atoms with E-state index in [1.54, 1.807) is 25.3 Å². The fourth-order valence-corrected chi connectivity index (χ4v) is 6.61. The van der Waals surface area contributed by atoms with Gasteiger partial charge in [0.1, 0.15) is 15.6 Å². The number of hydrogen-bond acceptors (Lipinski definition) is 7. The maximum atomic E-state index is 13.5. The van der Waals surface area contributed by atoms with Gasteiger partial charge in [-0.25, -0.2) is 18.2 Å². The van der Waals surface area contributed by atoms with Crippen molar-refractivity contribution in [2.45, 2.75) is 11.8 Å². The van der Waals surface area contributed by atoms with Crippen LogP contribution in [0.5, 0.6) is 0 Å². The third-order valence-corrected chi connectivity index (χ3v) is 8.09. The minimum absolute atomic E-state index is 0.0582. The van der Waals surface area contributed by atoms with Gasteiger partial charge >= 0.3 is 5.97 Å². The molecule has 7 nitrogen and oxygen atoms in total. The van der Waals surface area contributed by atoms with E-state index >= 15 is 0 Å². The number of anilines is 1. The summed E-state index contributed by atoms with van der Waals surface area (Å²) in [4.78, 5) is 19.1. The molecule has 0 radical (unpaired) electrons. The molecule has 0 N–H and O–H groups in total. The zero-order valence-corrected chi connectivity index (χ0v) is 17.6. The lowest BCUT2D eigenvalue weighted by Crippen LogP contribution is -2.49. The SMILES string of the molecule is CCOC(=O)c1sc2ccccc2c1S(=O)(=O)N1CCN(c2ccccn2)CC1. The smallest absolute Gasteiger partial charge is 0.349 e. The number of rotatable bonds is 5. The zero-order chi connectivity index (χ0) is 20.4. The highest BCUT2D eigenvalue weighted by molar-refractivity contribution is 7.89. The lowest BCUT2D eigenvalue weighted by Gasteiger charge is -2.34. The Balaban J connectivity index is 1.66. The van der Waals surface area contributed by atoms with Crippen molar-refractivity contribution >= 4 is 43.2 Å². The second-order valence-electron chi connectivity index (χ2n) is 6.56. The first-order valence-electron chi connectivity index (χ1n) is 9.37. The molecule has 0 unspecified atom stereocenters. The van der Waals surface area contributed by atoms with E-state index < -0.39 is 16.0 Å². The van der Waals surface area contributed by atoms with E-state index in [1.165, 1.54) is 4.31 Å². The van der Waals surface area contributed by atoms with Crippen LogP contribution in [0.2, 0.25) is 0 Å². The number of pyridine rings is 1. The number of esters is 1. The molecule has 0 amide bonds. The Kier molecular flexibility index (Phi) is 5.53. The molecular formula is C20H21N3O4S2. The number of thiophene rings is 1. The van der Waals surface area contributed by atoms with Gasteiger partial charge in [-0.3, -0.25) is 0 Å². The Morgan fingerprint density at radius 1 is 1.10 bits per heavy atom. The first-order valence-corrected chi connectivity index (χ1v) is 11.6. The van der Waals surface area contributed by atoms with E-state index in [1.807, 2.05) is 30.3 Å². The standard InChI is InChI=1S/C20H21N3O4S2/c1-2-27-20(24)18-19(15-7-3-4-8-16(15)28-18)29(25,26)23-13-11-22(12-14-23)17-9-5-6-10-21-17/h3-10H,2,11-14H2,1H3. The second kappa shape index (κ2) is 8.10. The summed E-state index contributed by atoms with van der Waals surface area (Å²) in [5, 5.41) is 0.563. The van der Waals surface area contributed by atoms with Crippen LogP contribution in [0.4, 0.5) is 5.82 Å². The van der Waals surface area contributed by atoms with Gasteiger partial charge in [0.05, 0.1) is 6.61 Å². The Morgan fingerprint density at radius 2 is 1.83 bits per heavy atom. The summed E-state index contributed by atoms with van der Waals surface area (Å²) < 4.78 is 34.4. The molecular weight excluding hydrogens is 410 g/mol. The molecule has 152 valence electrons. The third kappa shape index (κ3) is 3.73. The predicted molar refractivity (Wildman–Crippen MR) is 113 cm³/mol. The number of piperazine rings is 1. The Morgan fingerprint density at radius 3 is 2.52 bits per heavy atom. The van der Waals surface area contributed by atoms with Gasteiger partial charge in [0.25, 0.3) is 0 Å². The highest BCUT2D eigenvalue weighted by Gasteiger charge is 2.35. The molecule has 2 aromatic heterocycles. The van der Waals surface area contributed by atoms with Crippen molar-refractivity contribution in [1.82, 2.24) is 9.29 Å². The second-order valence-corrected chi connectivity index (χ2v) is 9.48. The molecule has 1 aromatic carbocycles. The van der Waals surface area contributed by atoms with Gasteiger partial charge in [0.2, 0.25) is 10.0 Å². The maximum Gasteiger partial charge on any atom is 0.349 e. The van der Waals surface area contributed by atoms with E-state index in [4.69, 9.17) is 4.74 Å². The van der Waals surface area contributed by atoms with Crippen LogP contribution >= 0.6 is 11.3 Å². The van der Waals surface area contributed by atoms with E-state index in [9.17, 15) is 13.2 Å². The highest BCUT2D eigenvalue weighted by Crippen LogP contribution is 2.37. The van der Waals surface area contributed by atoms with Crippen molar-refractivity contribution in [1.29, 1.82) is 0 Å². The zero-order valence-electron chi connectivity index (χ0n) is 15.9. The van der Waals surface area contributed by atoms with Gasteiger partial charge in [0, 0.05) is 42.5 Å². The van der Waals surface area contributed by atoms with Gasteiger partial charge in [-0.2, -0.15) is 4.31 Å². The van der Waals surface area contributed by atoms with E-state index in [-0.39, 0.29) is 16.4 Å². The number of aromatic nitrogens is 1. The molecule has 1 aliphatic rings. The number of fused-ring (bicyclic) bond motifs is 1. The van der Waals surface area contributed by atoms with Gasteiger partial charge < -0.3 is 9.64 Å². The number of ether oxygens (including phenoxy) is 1. The summed E-state index contributed by atoms with van der Waals surface area (Å²) in [6, 6.07) is 12.8. The molecule has 1 aliphatic heterocycles. The highest BCUT2D eigenvalue weighted by atomic mass is 32.2. The molecule has 0 spiro atoms. The van der Waals surface area contributed by atoms with Gasteiger partial charge in [-0.1, -0.05) is 24.3 Å². The lowest BCUT2D eigenvalue weighted by molar-refractivity contribution is 0.0528. The van der Waals surface area contributed by atoms with Gasteiger partial charge in [-0.15, -0.1) is 11.3 Å². The average molecular weight is 432 g/mol. The van der Waals surface area contributed by atoms with Crippen molar-refractivity contribution in [3.05, 3.63) is 53.5 Å².